The van der Waals surface area contributed by atoms with E-state index in [2.05, 4.69) is 44.0 Å². The number of aromatic nitrogens is 2. The molecular formula is C26H35N5O. The van der Waals surface area contributed by atoms with Crippen LogP contribution in [0.1, 0.15) is 40.5 Å². The molecule has 0 atom stereocenters. The molecule has 1 aromatic carbocycles. The predicted molar refractivity (Wildman–Crippen MR) is 133 cm³/mol. The minimum atomic E-state index is 0.0695. The second-order valence-electron chi connectivity index (χ2n) is 9.47. The number of hydrogen-bond donors (Lipinski definition) is 1. The van der Waals surface area contributed by atoms with E-state index in [0.29, 0.717) is 18.0 Å². The van der Waals surface area contributed by atoms with Gasteiger partial charge in [0.05, 0.1) is 11.2 Å². The molecule has 3 heterocycles. The molecule has 0 unspecified atom stereocenters. The number of piperidine rings is 1. The molecule has 32 heavy (non-hydrogen) atoms. The van der Waals surface area contributed by atoms with Crippen LogP contribution in [0.2, 0.25) is 0 Å². The van der Waals surface area contributed by atoms with E-state index < -0.39 is 0 Å². The lowest BCUT2D eigenvalue weighted by Gasteiger charge is -2.40. The second kappa shape index (κ2) is 9.63. The fourth-order valence-electron chi connectivity index (χ4n) is 4.62. The molecule has 0 saturated carbocycles. The molecule has 1 N–H and O–H groups in total. The molecule has 4 rings (SSSR count). The average molecular weight is 434 g/mol. The van der Waals surface area contributed by atoms with Gasteiger partial charge >= 0.3 is 6.03 Å². The third-order valence-corrected chi connectivity index (χ3v) is 6.05. The van der Waals surface area contributed by atoms with Gasteiger partial charge < -0.3 is 15.1 Å². The number of rotatable bonds is 6. The molecule has 0 spiro atoms. The van der Waals surface area contributed by atoms with Crippen molar-refractivity contribution in [2.75, 3.05) is 29.9 Å². The maximum Gasteiger partial charge on any atom is 0.328 e. The maximum absolute atomic E-state index is 13.2. The summed E-state index contributed by atoms with van der Waals surface area (Å²) in [6, 6.07) is 14.9. The fraction of sp³-hybridized carbons (Fsp3) is 0.462. The first kappa shape index (κ1) is 22.2. The van der Waals surface area contributed by atoms with E-state index in [-0.39, 0.29) is 6.03 Å². The number of nitrogens with one attached hydrogen (secondary N) is 1. The van der Waals surface area contributed by atoms with Gasteiger partial charge in [-0.05, 0) is 56.9 Å². The minimum absolute atomic E-state index is 0.0695. The monoisotopic (exact) mass is 433 g/mol. The standard InChI is InChI=1S/C26H35N5O/c1-19(2)18-31(25-23(28-20(3)4)9-7-14-27-25)22-12-15-29(16-13-22)26(32)30-17-11-21-8-5-6-10-24(21)30/h5-11,14,17,19-20,22,28H,12-13,15-16,18H2,1-4H3. The molecule has 3 aromatic rings. The van der Waals surface area contributed by atoms with Gasteiger partial charge in [0.15, 0.2) is 5.82 Å². The Labute approximate surface area is 191 Å². The first-order valence-corrected chi connectivity index (χ1v) is 11.8. The van der Waals surface area contributed by atoms with Gasteiger partial charge in [0, 0.05) is 49.5 Å². The highest BCUT2D eigenvalue weighted by molar-refractivity contribution is 5.91. The Kier molecular flexibility index (Phi) is 6.68. The van der Waals surface area contributed by atoms with Crippen LogP contribution >= 0.6 is 0 Å². The van der Waals surface area contributed by atoms with Crippen molar-refractivity contribution in [1.82, 2.24) is 14.5 Å². The lowest BCUT2D eigenvalue weighted by molar-refractivity contribution is 0.182. The molecule has 1 saturated heterocycles. The summed E-state index contributed by atoms with van der Waals surface area (Å²) in [6.07, 6.45) is 5.65. The van der Waals surface area contributed by atoms with Crippen molar-refractivity contribution in [1.29, 1.82) is 0 Å². The fourth-order valence-corrected chi connectivity index (χ4v) is 4.62. The van der Waals surface area contributed by atoms with Crippen LogP contribution in [-0.4, -0.2) is 52.2 Å². The molecule has 1 aliphatic rings. The number of carbonyl (C=O) groups is 1. The topological polar surface area (TPSA) is 53.4 Å². The van der Waals surface area contributed by atoms with Gasteiger partial charge in [-0.1, -0.05) is 32.0 Å². The van der Waals surface area contributed by atoms with Crippen LogP contribution in [0.25, 0.3) is 10.9 Å². The van der Waals surface area contributed by atoms with E-state index in [1.54, 1.807) is 4.57 Å². The van der Waals surface area contributed by atoms with Crippen molar-refractivity contribution in [2.24, 2.45) is 5.92 Å². The van der Waals surface area contributed by atoms with Gasteiger partial charge in [-0.15, -0.1) is 0 Å². The Morgan fingerprint density at radius 1 is 1.09 bits per heavy atom. The number of para-hydroxylation sites is 1. The Hall–Kier alpha value is -3.02. The first-order valence-electron chi connectivity index (χ1n) is 11.8. The van der Waals surface area contributed by atoms with E-state index in [1.165, 1.54) is 0 Å². The predicted octanol–water partition coefficient (Wildman–Crippen LogP) is 5.45. The summed E-state index contributed by atoms with van der Waals surface area (Å²) in [6.45, 7) is 11.3. The number of carbonyl (C=O) groups excluding carboxylic acids is 1. The summed E-state index contributed by atoms with van der Waals surface area (Å²) in [7, 11) is 0. The lowest BCUT2D eigenvalue weighted by atomic mass is 10.0. The quantitative estimate of drug-likeness (QED) is 0.561. The van der Waals surface area contributed by atoms with Crippen LogP contribution in [0.3, 0.4) is 0 Å². The van der Waals surface area contributed by atoms with Gasteiger partial charge in [0.25, 0.3) is 0 Å². The highest BCUT2D eigenvalue weighted by atomic mass is 16.2. The van der Waals surface area contributed by atoms with Gasteiger partial charge in [-0.25, -0.2) is 9.78 Å². The first-order chi connectivity index (χ1) is 15.4. The molecule has 2 aromatic heterocycles. The Bertz CT molecular complexity index is 1050. The van der Waals surface area contributed by atoms with Gasteiger partial charge in [0.2, 0.25) is 0 Å². The van der Waals surface area contributed by atoms with E-state index in [4.69, 9.17) is 4.98 Å². The molecule has 1 fully saturated rings. The smallest absolute Gasteiger partial charge is 0.328 e. The van der Waals surface area contributed by atoms with Crippen LogP contribution in [-0.2, 0) is 0 Å². The van der Waals surface area contributed by atoms with Crippen molar-refractivity contribution in [3.63, 3.8) is 0 Å². The molecule has 6 heteroatoms. The Morgan fingerprint density at radius 3 is 2.56 bits per heavy atom. The third-order valence-electron chi connectivity index (χ3n) is 6.05. The molecular weight excluding hydrogens is 398 g/mol. The number of fused-ring (bicyclic) bond motifs is 1. The zero-order valence-electron chi connectivity index (χ0n) is 19.7. The van der Waals surface area contributed by atoms with Crippen LogP contribution in [0, 0.1) is 5.92 Å². The van der Waals surface area contributed by atoms with Gasteiger partial charge in [-0.2, -0.15) is 0 Å². The van der Waals surface area contributed by atoms with Crippen molar-refractivity contribution in [2.45, 2.75) is 52.6 Å². The SMILES string of the molecule is CC(C)CN(c1ncccc1NC(C)C)C1CCN(C(=O)n2ccc3ccccc32)CC1. The Balaban J connectivity index is 1.50. The average Bonchev–Trinajstić information content (AvgIpc) is 3.21. The number of hydrogen-bond acceptors (Lipinski definition) is 4. The highest BCUT2D eigenvalue weighted by Gasteiger charge is 2.30. The van der Waals surface area contributed by atoms with Gasteiger partial charge in [0.1, 0.15) is 0 Å². The molecule has 0 bridgehead atoms. The third kappa shape index (κ3) is 4.74. The number of pyridine rings is 1. The zero-order chi connectivity index (χ0) is 22.7. The van der Waals surface area contributed by atoms with Gasteiger partial charge in [-0.3, -0.25) is 4.57 Å². The van der Waals surface area contributed by atoms with E-state index >= 15 is 0 Å². The minimum Gasteiger partial charge on any atom is -0.380 e. The second-order valence-corrected chi connectivity index (χ2v) is 9.47. The lowest BCUT2D eigenvalue weighted by Crippen LogP contribution is -2.49. The van der Waals surface area contributed by atoms with Crippen LogP contribution in [0.4, 0.5) is 16.3 Å². The summed E-state index contributed by atoms with van der Waals surface area (Å²) < 4.78 is 1.78. The summed E-state index contributed by atoms with van der Waals surface area (Å²) in [5.74, 6) is 1.55. The number of likely N-dealkylation sites (tertiary alicyclic amines) is 1. The van der Waals surface area contributed by atoms with E-state index in [1.807, 2.05) is 53.7 Å². The van der Waals surface area contributed by atoms with Crippen molar-refractivity contribution in [3.05, 3.63) is 54.9 Å². The zero-order valence-corrected chi connectivity index (χ0v) is 19.7. The van der Waals surface area contributed by atoms with Crippen LogP contribution < -0.4 is 10.2 Å². The normalized spacial score (nSPS) is 15.0. The molecule has 1 amide bonds. The van der Waals surface area contributed by atoms with Crippen molar-refractivity contribution in [3.8, 4) is 0 Å². The summed E-state index contributed by atoms with van der Waals surface area (Å²) >= 11 is 0. The molecule has 170 valence electrons. The number of amides is 1. The largest absolute Gasteiger partial charge is 0.380 e. The Morgan fingerprint density at radius 2 is 1.84 bits per heavy atom. The number of anilines is 2. The van der Waals surface area contributed by atoms with Crippen LogP contribution in [0.5, 0.6) is 0 Å². The van der Waals surface area contributed by atoms with Crippen molar-refractivity contribution < 1.29 is 4.79 Å². The summed E-state index contributed by atoms with van der Waals surface area (Å²) in [4.78, 5) is 22.4. The molecule has 0 aliphatic carbocycles. The van der Waals surface area contributed by atoms with Crippen LogP contribution in [0.15, 0.2) is 54.9 Å². The van der Waals surface area contributed by atoms with Crippen molar-refractivity contribution >= 4 is 28.4 Å². The summed E-state index contributed by atoms with van der Waals surface area (Å²) in [5, 5.41) is 4.65. The molecule has 1 aliphatic heterocycles. The summed E-state index contributed by atoms with van der Waals surface area (Å²) in [5.41, 5.74) is 2.06. The van der Waals surface area contributed by atoms with E-state index in [9.17, 15) is 4.79 Å². The number of benzene rings is 1. The van der Waals surface area contributed by atoms with E-state index in [0.717, 1.165) is 54.9 Å². The highest BCUT2D eigenvalue weighted by Crippen LogP contribution is 2.30. The maximum atomic E-state index is 13.2. The molecule has 0 radical (unpaired) electrons. The number of nitrogens with zero attached hydrogens (tertiary/aromatic N) is 4. The molecule has 6 nitrogen and oxygen atoms in total.